The lowest BCUT2D eigenvalue weighted by atomic mass is 9.76. The number of hydrogen-bond donors (Lipinski definition) is 1. The summed E-state index contributed by atoms with van der Waals surface area (Å²) < 4.78 is 5.30. The van der Waals surface area contributed by atoms with Crippen molar-refractivity contribution >= 4 is 0 Å². The van der Waals surface area contributed by atoms with E-state index in [2.05, 4.69) is 27.3 Å². The van der Waals surface area contributed by atoms with Gasteiger partial charge in [0, 0.05) is 0 Å². The quantitative estimate of drug-likeness (QED) is 0.885. The molecule has 2 atom stereocenters. The van der Waals surface area contributed by atoms with Crippen LogP contribution >= 0.6 is 0 Å². The van der Waals surface area contributed by atoms with Crippen LogP contribution in [-0.4, -0.2) is 20.3 Å². The maximum atomic E-state index is 6.45. The van der Waals surface area contributed by atoms with Gasteiger partial charge in [-0.15, -0.1) is 0 Å². The molecule has 100 valence electrons. The molecule has 1 fully saturated rings. The van der Waals surface area contributed by atoms with Gasteiger partial charge in [-0.2, -0.15) is 15.2 Å². The normalized spacial score (nSPS) is 27.4. The average Bonchev–Trinajstić information content (AvgIpc) is 2.90. The summed E-state index contributed by atoms with van der Waals surface area (Å²) in [4.78, 5) is 4.44. The van der Waals surface area contributed by atoms with Crippen molar-refractivity contribution in [3.8, 4) is 11.5 Å². The van der Waals surface area contributed by atoms with Gasteiger partial charge in [-0.05, 0) is 24.8 Å². The smallest absolute Gasteiger partial charge is 0.259 e. The molecule has 0 aromatic carbocycles. The molecule has 2 N–H and O–H groups in total. The second-order valence-corrected chi connectivity index (χ2v) is 5.41. The summed E-state index contributed by atoms with van der Waals surface area (Å²) in [5, 5.41) is 11.6. The number of hydrogen-bond acceptors (Lipinski definition) is 6. The molecule has 2 unspecified atom stereocenters. The molecule has 19 heavy (non-hydrogen) atoms. The summed E-state index contributed by atoms with van der Waals surface area (Å²) in [6.07, 6.45) is 7.34. The number of aromatic nitrogens is 4. The van der Waals surface area contributed by atoms with Gasteiger partial charge in [-0.3, -0.25) is 0 Å². The third-order valence-electron chi connectivity index (χ3n) is 3.74. The summed E-state index contributed by atoms with van der Waals surface area (Å²) in [5.74, 6) is 1.65. The van der Waals surface area contributed by atoms with Crippen LogP contribution in [-0.2, 0) is 5.54 Å². The van der Waals surface area contributed by atoms with Gasteiger partial charge >= 0.3 is 0 Å². The summed E-state index contributed by atoms with van der Waals surface area (Å²) >= 11 is 0. The first-order valence-electron chi connectivity index (χ1n) is 6.57. The van der Waals surface area contributed by atoms with Crippen LogP contribution < -0.4 is 5.73 Å². The van der Waals surface area contributed by atoms with Crippen LogP contribution in [0.2, 0.25) is 0 Å². The third kappa shape index (κ3) is 2.35. The predicted octanol–water partition coefficient (Wildman–Crippen LogP) is 1.89. The fourth-order valence-electron chi connectivity index (χ4n) is 2.76. The van der Waals surface area contributed by atoms with E-state index in [0.717, 1.165) is 24.8 Å². The first-order valence-corrected chi connectivity index (χ1v) is 6.57. The summed E-state index contributed by atoms with van der Waals surface area (Å²) in [7, 11) is 0. The highest BCUT2D eigenvalue weighted by atomic mass is 16.5. The Morgan fingerprint density at radius 1 is 1.42 bits per heavy atom. The van der Waals surface area contributed by atoms with Gasteiger partial charge in [-0.1, -0.05) is 24.9 Å². The topological polar surface area (TPSA) is 90.7 Å². The van der Waals surface area contributed by atoms with Crippen LogP contribution in [0.4, 0.5) is 0 Å². The highest BCUT2D eigenvalue weighted by Gasteiger charge is 2.37. The van der Waals surface area contributed by atoms with E-state index < -0.39 is 5.54 Å². The highest BCUT2D eigenvalue weighted by Crippen LogP contribution is 2.36. The zero-order valence-corrected chi connectivity index (χ0v) is 10.9. The molecule has 0 amide bonds. The lowest BCUT2D eigenvalue weighted by Gasteiger charge is -2.33. The summed E-state index contributed by atoms with van der Waals surface area (Å²) in [6, 6.07) is 1.79. The maximum absolute atomic E-state index is 6.45. The minimum atomic E-state index is -0.458. The zero-order valence-electron chi connectivity index (χ0n) is 10.9. The van der Waals surface area contributed by atoms with Crippen molar-refractivity contribution in [2.24, 2.45) is 11.7 Å². The predicted molar refractivity (Wildman–Crippen MR) is 68.8 cm³/mol. The molecule has 0 bridgehead atoms. The van der Waals surface area contributed by atoms with Gasteiger partial charge < -0.3 is 10.3 Å². The Kier molecular flexibility index (Phi) is 3.02. The van der Waals surface area contributed by atoms with Crippen molar-refractivity contribution in [1.29, 1.82) is 0 Å². The molecule has 2 aromatic heterocycles. The molecule has 1 saturated carbocycles. The van der Waals surface area contributed by atoms with Crippen molar-refractivity contribution in [2.75, 3.05) is 0 Å². The molecular weight excluding hydrogens is 242 g/mol. The second kappa shape index (κ2) is 4.70. The summed E-state index contributed by atoms with van der Waals surface area (Å²) in [6.45, 7) is 2.22. The van der Waals surface area contributed by atoms with E-state index in [-0.39, 0.29) is 0 Å². The van der Waals surface area contributed by atoms with Gasteiger partial charge in [0.05, 0.1) is 23.5 Å². The van der Waals surface area contributed by atoms with Crippen LogP contribution in [0.25, 0.3) is 11.5 Å². The Hall–Kier alpha value is -1.82. The van der Waals surface area contributed by atoms with Crippen molar-refractivity contribution in [2.45, 2.75) is 38.1 Å². The molecular formula is C13H17N5O. The number of nitrogens with zero attached hydrogens (tertiary/aromatic N) is 4. The van der Waals surface area contributed by atoms with Crippen molar-refractivity contribution in [1.82, 2.24) is 20.3 Å². The zero-order chi connectivity index (χ0) is 13.3. The first-order chi connectivity index (χ1) is 9.17. The Morgan fingerprint density at radius 3 is 3.05 bits per heavy atom. The Labute approximate surface area is 111 Å². The van der Waals surface area contributed by atoms with Crippen molar-refractivity contribution in [3.05, 3.63) is 24.3 Å². The molecule has 3 rings (SSSR count). The molecule has 0 saturated heterocycles. The van der Waals surface area contributed by atoms with Gasteiger partial charge in [0.2, 0.25) is 0 Å². The van der Waals surface area contributed by atoms with Crippen LogP contribution in [0.5, 0.6) is 0 Å². The van der Waals surface area contributed by atoms with Crippen molar-refractivity contribution in [3.63, 3.8) is 0 Å². The van der Waals surface area contributed by atoms with E-state index in [0.29, 0.717) is 17.6 Å². The van der Waals surface area contributed by atoms with Gasteiger partial charge in [-0.25, -0.2) is 0 Å². The van der Waals surface area contributed by atoms with E-state index in [4.69, 9.17) is 10.3 Å². The average molecular weight is 259 g/mol. The maximum Gasteiger partial charge on any atom is 0.259 e. The minimum Gasteiger partial charge on any atom is -0.334 e. The first kappa shape index (κ1) is 12.2. The molecule has 1 aliphatic carbocycles. The third-order valence-corrected chi connectivity index (χ3v) is 3.74. The van der Waals surface area contributed by atoms with Gasteiger partial charge in [0.15, 0.2) is 5.82 Å². The van der Waals surface area contributed by atoms with Crippen LogP contribution in [0.15, 0.2) is 23.0 Å². The molecule has 6 nitrogen and oxygen atoms in total. The van der Waals surface area contributed by atoms with E-state index >= 15 is 0 Å². The largest absolute Gasteiger partial charge is 0.334 e. The van der Waals surface area contributed by atoms with Gasteiger partial charge in [0.1, 0.15) is 0 Å². The van der Waals surface area contributed by atoms with Gasteiger partial charge in [0.25, 0.3) is 5.89 Å². The van der Waals surface area contributed by atoms with Crippen LogP contribution in [0.3, 0.4) is 0 Å². The Balaban J connectivity index is 1.89. The number of rotatable bonds is 2. The Morgan fingerprint density at radius 2 is 2.32 bits per heavy atom. The summed E-state index contributed by atoms with van der Waals surface area (Å²) in [5.41, 5.74) is 6.76. The van der Waals surface area contributed by atoms with Crippen molar-refractivity contribution < 1.29 is 4.52 Å². The Bertz CT molecular complexity index is 555. The van der Waals surface area contributed by atoms with E-state index in [9.17, 15) is 0 Å². The second-order valence-electron chi connectivity index (χ2n) is 5.41. The fraction of sp³-hybridized carbons (Fsp3) is 0.538. The fourth-order valence-corrected chi connectivity index (χ4v) is 2.76. The highest BCUT2D eigenvalue weighted by molar-refractivity contribution is 5.49. The van der Waals surface area contributed by atoms with E-state index in [1.165, 1.54) is 6.42 Å². The molecule has 0 spiro atoms. The minimum absolute atomic E-state index is 0.452. The standard InChI is InChI=1S/C13H17N5O/c1-9-3-2-5-13(14,7-9)12-17-11(19-18-12)10-4-6-15-16-8-10/h4,6,8-9H,2-3,5,7,14H2,1H3. The molecule has 0 radical (unpaired) electrons. The molecule has 1 aliphatic rings. The molecule has 2 aromatic rings. The molecule has 6 heteroatoms. The van der Waals surface area contributed by atoms with E-state index in [1.807, 2.05) is 0 Å². The van der Waals surface area contributed by atoms with Crippen LogP contribution in [0.1, 0.15) is 38.4 Å². The lowest BCUT2D eigenvalue weighted by Crippen LogP contribution is -2.42. The lowest BCUT2D eigenvalue weighted by molar-refractivity contribution is 0.222. The number of nitrogens with two attached hydrogens (primary N) is 1. The monoisotopic (exact) mass is 259 g/mol. The van der Waals surface area contributed by atoms with Crippen LogP contribution in [0, 0.1) is 5.92 Å². The SMILES string of the molecule is CC1CCCC(N)(c2noc(-c3ccnnc3)n2)C1. The molecule has 0 aliphatic heterocycles. The molecule has 2 heterocycles. The van der Waals surface area contributed by atoms with E-state index in [1.54, 1.807) is 18.5 Å².